The number of benzene rings is 1. The molecule has 1 amide bonds. The first-order chi connectivity index (χ1) is 13.0. The molecule has 12 heteroatoms. The quantitative estimate of drug-likeness (QED) is 0.697. The Morgan fingerprint density at radius 1 is 1.18 bits per heavy atom. The fraction of sp³-hybridized carbons (Fsp3) is 0.250. The molecule has 0 radical (unpaired) electrons. The number of hydrogen-bond donors (Lipinski definition) is 2. The highest BCUT2D eigenvalue weighted by Crippen LogP contribution is 2.24. The number of halogens is 3. The number of esters is 1. The van der Waals surface area contributed by atoms with Crippen LogP contribution in [-0.4, -0.2) is 33.9 Å². The Bertz CT molecular complexity index is 965. The Labute approximate surface area is 154 Å². The van der Waals surface area contributed by atoms with Crippen molar-refractivity contribution in [1.29, 1.82) is 0 Å². The summed E-state index contributed by atoms with van der Waals surface area (Å²) >= 11 is 0. The lowest BCUT2D eigenvalue weighted by Gasteiger charge is -2.14. The number of amides is 1. The van der Waals surface area contributed by atoms with Crippen LogP contribution in [0.5, 0.6) is 5.75 Å². The number of carbonyl (C=O) groups is 2. The van der Waals surface area contributed by atoms with E-state index < -0.39 is 47.9 Å². The average Bonchev–Trinajstić information content (AvgIpc) is 2.57. The lowest BCUT2D eigenvalue weighted by molar-refractivity contribution is -0.274. The second kappa shape index (κ2) is 8.41. The highest BCUT2D eigenvalue weighted by Gasteiger charge is 2.31. The molecule has 1 heterocycles. The first kappa shape index (κ1) is 20.7. The number of rotatable bonds is 6. The maximum absolute atomic E-state index is 12.1. The predicted molar refractivity (Wildman–Crippen MR) is 88.6 cm³/mol. The number of H-pyrrole nitrogens is 1. The molecular weight excluding hydrogens is 387 g/mol. The molecule has 0 unspecified atom stereocenters. The summed E-state index contributed by atoms with van der Waals surface area (Å²) in [5, 5.41) is 2.35. The summed E-state index contributed by atoms with van der Waals surface area (Å²) < 4.78 is 45.8. The third-order valence-electron chi connectivity index (χ3n) is 3.23. The van der Waals surface area contributed by atoms with Gasteiger partial charge in [0.1, 0.15) is 12.3 Å². The van der Waals surface area contributed by atoms with Crippen LogP contribution in [0.3, 0.4) is 0 Å². The summed E-state index contributed by atoms with van der Waals surface area (Å²) in [6, 6.07) is 5.39. The van der Waals surface area contributed by atoms with Gasteiger partial charge < -0.3 is 14.8 Å². The summed E-state index contributed by atoms with van der Waals surface area (Å²) in [5.41, 5.74) is -1.30. The van der Waals surface area contributed by atoms with Gasteiger partial charge in [0.15, 0.2) is 6.10 Å². The van der Waals surface area contributed by atoms with Gasteiger partial charge in [-0.1, -0.05) is 0 Å². The summed E-state index contributed by atoms with van der Waals surface area (Å²) in [6.07, 6.45) is -4.99. The molecule has 0 bridgehead atoms. The van der Waals surface area contributed by atoms with Gasteiger partial charge in [0.05, 0.1) is 0 Å². The lowest BCUT2D eigenvalue weighted by Crippen LogP contribution is -2.34. The molecule has 0 saturated heterocycles. The van der Waals surface area contributed by atoms with Crippen molar-refractivity contribution < 1.29 is 32.2 Å². The van der Waals surface area contributed by atoms with Crippen molar-refractivity contribution in [3.05, 3.63) is 57.4 Å². The number of alkyl halides is 3. The molecule has 28 heavy (non-hydrogen) atoms. The van der Waals surface area contributed by atoms with Crippen molar-refractivity contribution in [3.8, 4) is 5.75 Å². The molecule has 1 atom stereocenters. The molecule has 150 valence electrons. The summed E-state index contributed by atoms with van der Waals surface area (Å²) in [5.74, 6) is -2.12. The second-order valence-corrected chi connectivity index (χ2v) is 5.43. The molecule has 0 aliphatic heterocycles. The monoisotopic (exact) mass is 401 g/mol. The fourth-order valence-corrected chi connectivity index (χ4v) is 1.98. The number of nitrogens with one attached hydrogen (secondary N) is 2. The Hall–Kier alpha value is -3.57. The number of aromatic nitrogens is 2. The van der Waals surface area contributed by atoms with Gasteiger partial charge in [0.25, 0.3) is 11.5 Å². The highest BCUT2D eigenvalue weighted by molar-refractivity contribution is 5.95. The lowest BCUT2D eigenvalue weighted by atomic mass is 10.3. The van der Waals surface area contributed by atoms with E-state index in [1.807, 2.05) is 4.98 Å². The van der Waals surface area contributed by atoms with Crippen LogP contribution < -0.4 is 21.3 Å². The molecular formula is C16H14F3N3O6. The molecule has 9 nitrogen and oxygen atoms in total. The van der Waals surface area contributed by atoms with Crippen molar-refractivity contribution in [3.63, 3.8) is 0 Å². The van der Waals surface area contributed by atoms with Crippen LogP contribution in [0.15, 0.2) is 46.1 Å². The molecule has 0 aliphatic carbocycles. The summed E-state index contributed by atoms with van der Waals surface area (Å²) in [6.45, 7) is 0.737. The number of hydrogen-bond acceptors (Lipinski definition) is 6. The van der Waals surface area contributed by atoms with E-state index in [-0.39, 0.29) is 5.69 Å². The molecule has 2 aromatic rings. The number of anilines is 1. The number of aromatic amines is 1. The van der Waals surface area contributed by atoms with E-state index in [2.05, 4.69) is 10.1 Å². The summed E-state index contributed by atoms with van der Waals surface area (Å²) in [4.78, 5) is 48.2. The number of carbonyl (C=O) groups excluding carboxylic acids is 2. The number of nitrogens with zero attached hydrogens (tertiary/aromatic N) is 1. The minimum atomic E-state index is -4.83. The number of ether oxygens (including phenoxy) is 2. The van der Waals surface area contributed by atoms with E-state index in [9.17, 15) is 32.3 Å². The molecule has 0 aliphatic rings. The Morgan fingerprint density at radius 3 is 2.39 bits per heavy atom. The van der Waals surface area contributed by atoms with Gasteiger partial charge in [-0.15, -0.1) is 13.2 Å². The van der Waals surface area contributed by atoms with Crippen LogP contribution in [0.25, 0.3) is 0 Å². The zero-order valence-corrected chi connectivity index (χ0v) is 14.3. The van der Waals surface area contributed by atoms with Gasteiger partial charge in [-0.05, 0) is 31.2 Å². The van der Waals surface area contributed by atoms with Gasteiger partial charge in [0.2, 0.25) is 0 Å². The standard InChI is InChI=1S/C16H14F3N3O6/c1-9(27-13(24)8-22-7-6-12(23)21-15(22)26)14(25)20-10-2-4-11(5-3-10)28-16(17,18)19/h2-7,9H,8H2,1H3,(H,20,25)(H,21,23,26)/t9-/m1/s1. The maximum atomic E-state index is 12.1. The van der Waals surface area contributed by atoms with Crippen LogP contribution in [0, 0.1) is 0 Å². The second-order valence-electron chi connectivity index (χ2n) is 5.43. The van der Waals surface area contributed by atoms with Crippen LogP contribution in [0.4, 0.5) is 18.9 Å². The first-order valence-corrected chi connectivity index (χ1v) is 7.69. The first-order valence-electron chi connectivity index (χ1n) is 7.69. The zero-order chi connectivity index (χ0) is 20.9. The van der Waals surface area contributed by atoms with Crippen molar-refractivity contribution in [1.82, 2.24) is 9.55 Å². The van der Waals surface area contributed by atoms with Gasteiger partial charge in [-0.2, -0.15) is 0 Å². The minimum Gasteiger partial charge on any atom is -0.451 e. The van der Waals surface area contributed by atoms with Crippen molar-refractivity contribution in [2.24, 2.45) is 0 Å². The van der Waals surface area contributed by atoms with Gasteiger partial charge in [-0.25, -0.2) is 4.79 Å². The fourth-order valence-electron chi connectivity index (χ4n) is 1.98. The van der Waals surface area contributed by atoms with E-state index in [0.717, 1.165) is 29.0 Å². The van der Waals surface area contributed by atoms with Crippen LogP contribution in [0.2, 0.25) is 0 Å². The van der Waals surface area contributed by atoms with Crippen molar-refractivity contribution in [2.75, 3.05) is 5.32 Å². The molecule has 0 fully saturated rings. The predicted octanol–water partition coefficient (Wildman–Crippen LogP) is 1.01. The van der Waals surface area contributed by atoms with E-state index in [4.69, 9.17) is 4.74 Å². The maximum Gasteiger partial charge on any atom is 0.573 e. The third-order valence-corrected chi connectivity index (χ3v) is 3.23. The SMILES string of the molecule is C[C@@H](OC(=O)Cn1ccc(=O)[nH]c1=O)C(=O)Nc1ccc(OC(F)(F)F)cc1. The molecule has 1 aromatic heterocycles. The highest BCUT2D eigenvalue weighted by atomic mass is 19.4. The van der Waals surface area contributed by atoms with Crippen molar-refractivity contribution >= 4 is 17.6 Å². The van der Waals surface area contributed by atoms with Gasteiger partial charge >= 0.3 is 18.0 Å². The molecule has 2 rings (SSSR count). The van der Waals surface area contributed by atoms with E-state index in [1.54, 1.807) is 0 Å². The Kier molecular flexibility index (Phi) is 6.23. The van der Waals surface area contributed by atoms with E-state index in [1.165, 1.54) is 19.1 Å². The largest absolute Gasteiger partial charge is 0.573 e. The smallest absolute Gasteiger partial charge is 0.451 e. The van der Waals surface area contributed by atoms with Crippen molar-refractivity contribution in [2.45, 2.75) is 25.9 Å². The molecule has 0 spiro atoms. The topological polar surface area (TPSA) is 119 Å². The Morgan fingerprint density at radius 2 is 1.82 bits per heavy atom. The van der Waals surface area contributed by atoms with E-state index >= 15 is 0 Å². The summed E-state index contributed by atoms with van der Waals surface area (Å²) in [7, 11) is 0. The average molecular weight is 401 g/mol. The molecule has 2 N–H and O–H groups in total. The third kappa shape index (κ3) is 6.30. The van der Waals surface area contributed by atoms with E-state index in [0.29, 0.717) is 0 Å². The van der Waals surface area contributed by atoms with Gasteiger partial charge in [0, 0.05) is 18.0 Å². The normalized spacial score (nSPS) is 12.1. The molecule has 1 aromatic carbocycles. The zero-order valence-electron chi connectivity index (χ0n) is 14.3. The Balaban J connectivity index is 1.90. The van der Waals surface area contributed by atoms with Crippen LogP contribution >= 0.6 is 0 Å². The van der Waals surface area contributed by atoms with Crippen LogP contribution in [0.1, 0.15) is 6.92 Å². The van der Waals surface area contributed by atoms with Gasteiger partial charge in [-0.3, -0.25) is 23.9 Å². The minimum absolute atomic E-state index is 0.152. The molecule has 0 saturated carbocycles. The van der Waals surface area contributed by atoms with Crippen LogP contribution in [-0.2, 0) is 20.9 Å².